The van der Waals surface area contributed by atoms with Crippen LogP contribution in [0, 0.1) is 6.92 Å². The number of hydrogen-bond acceptors (Lipinski definition) is 3. The number of ether oxygens (including phenoxy) is 1. The van der Waals surface area contributed by atoms with Crippen LogP contribution < -0.4 is 0 Å². The number of methoxy groups -OCH3 is 1. The number of carbonyl (C=O) groups excluding carboxylic acids is 2. The van der Waals surface area contributed by atoms with Gasteiger partial charge in [0.2, 0.25) is 0 Å². The SMILES string of the molecule is COC(=O)C(=O)N(C)Cc1cccc(C)c1. The monoisotopic (exact) mass is 221 g/mol. The van der Waals surface area contributed by atoms with Crippen molar-refractivity contribution in [1.82, 2.24) is 4.90 Å². The fourth-order valence-electron chi connectivity index (χ4n) is 1.40. The fourth-order valence-corrected chi connectivity index (χ4v) is 1.40. The summed E-state index contributed by atoms with van der Waals surface area (Å²) in [6.07, 6.45) is 0. The summed E-state index contributed by atoms with van der Waals surface area (Å²) < 4.78 is 4.36. The van der Waals surface area contributed by atoms with E-state index in [0.29, 0.717) is 6.54 Å². The van der Waals surface area contributed by atoms with E-state index in [9.17, 15) is 9.59 Å². The van der Waals surface area contributed by atoms with Gasteiger partial charge in [-0.25, -0.2) is 4.79 Å². The summed E-state index contributed by atoms with van der Waals surface area (Å²) in [4.78, 5) is 23.7. The van der Waals surface area contributed by atoms with Gasteiger partial charge in [-0.3, -0.25) is 4.79 Å². The van der Waals surface area contributed by atoms with Crippen molar-refractivity contribution in [2.75, 3.05) is 14.2 Å². The quantitative estimate of drug-likeness (QED) is 0.555. The summed E-state index contributed by atoms with van der Waals surface area (Å²) >= 11 is 0. The predicted octanol–water partition coefficient (Wildman–Crippen LogP) is 1.13. The Balaban J connectivity index is 2.67. The molecule has 0 aromatic heterocycles. The van der Waals surface area contributed by atoms with E-state index in [1.165, 1.54) is 12.0 Å². The van der Waals surface area contributed by atoms with Crippen molar-refractivity contribution in [2.45, 2.75) is 13.5 Å². The molecule has 1 aromatic rings. The second-order valence-electron chi connectivity index (χ2n) is 3.64. The number of carbonyl (C=O) groups is 2. The van der Waals surface area contributed by atoms with Crippen molar-refractivity contribution >= 4 is 11.9 Å². The molecular weight excluding hydrogens is 206 g/mol. The van der Waals surface area contributed by atoms with Crippen LogP contribution in [-0.4, -0.2) is 30.9 Å². The van der Waals surface area contributed by atoms with Crippen molar-refractivity contribution in [3.63, 3.8) is 0 Å². The molecule has 0 saturated carbocycles. The van der Waals surface area contributed by atoms with Crippen LogP contribution in [-0.2, 0) is 20.9 Å². The molecule has 0 fully saturated rings. The molecule has 4 heteroatoms. The van der Waals surface area contributed by atoms with Gasteiger partial charge in [-0.1, -0.05) is 29.8 Å². The number of hydrogen-bond donors (Lipinski definition) is 0. The minimum Gasteiger partial charge on any atom is -0.462 e. The molecule has 0 aliphatic carbocycles. The maximum atomic E-state index is 11.4. The average molecular weight is 221 g/mol. The lowest BCUT2D eigenvalue weighted by molar-refractivity contribution is -0.157. The number of likely N-dealkylation sites (N-methyl/N-ethyl adjacent to an activating group) is 1. The topological polar surface area (TPSA) is 46.6 Å². The minimum absolute atomic E-state index is 0.398. The molecule has 0 heterocycles. The van der Waals surface area contributed by atoms with E-state index in [-0.39, 0.29) is 0 Å². The van der Waals surface area contributed by atoms with Crippen molar-refractivity contribution < 1.29 is 14.3 Å². The van der Waals surface area contributed by atoms with Gasteiger partial charge in [0.15, 0.2) is 0 Å². The predicted molar refractivity (Wildman–Crippen MR) is 59.7 cm³/mol. The maximum absolute atomic E-state index is 11.4. The van der Waals surface area contributed by atoms with Crippen LogP contribution in [0.1, 0.15) is 11.1 Å². The van der Waals surface area contributed by atoms with E-state index in [4.69, 9.17) is 0 Å². The summed E-state index contributed by atoms with van der Waals surface area (Å²) in [5, 5.41) is 0. The van der Waals surface area contributed by atoms with Gasteiger partial charge in [-0.2, -0.15) is 0 Å². The first-order valence-electron chi connectivity index (χ1n) is 4.93. The lowest BCUT2D eigenvalue weighted by atomic mass is 10.1. The number of amides is 1. The summed E-state index contributed by atoms with van der Waals surface area (Å²) in [5.74, 6) is -1.47. The Morgan fingerprint density at radius 1 is 1.38 bits per heavy atom. The van der Waals surface area contributed by atoms with E-state index < -0.39 is 11.9 Å². The third-order valence-electron chi connectivity index (χ3n) is 2.21. The molecule has 0 N–H and O–H groups in total. The zero-order valence-electron chi connectivity index (χ0n) is 9.69. The molecule has 1 rings (SSSR count). The van der Waals surface area contributed by atoms with Crippen LogP contribution >= 0.6 is 0 Å². The van der Waals surface area contributed by atoms with Gasteiger partial charge >= 0.3 is 11.9 Å². The molecule has 0 aliphatic rings. The molecule has 0 unspecified atom stereocenters. The minimum atomic E-state index is -0.838. The van der Waals surface area contributed by atoms with Crippen molar-refractivity contribution in [3.8, 4) is 0 Å². The summed E-state index contributed by atoms with van der Waals surface area (Å²) in [6, 6.07) is 7.78. The highest BCUT2D eigenvalue weighted by Crippen LogP contribution is 2.06. The Morgan fingerprint density at radius 2 is 2.06 bits per heavy atom. The molecule has 16 heavy (non-hydrogen) atoms. The Bertz CT molecular complexity index is 401. The first-order valence-corrected chi connectivity index (χ1v) is 4.93. The van der Waals surface area contributed by atoms with Crippen LogP contribution in [0.2, 0.25) is 0 Å². The Morgan fingerprint density at radius 3 is 2.62 bits per heavy atom. The lowest BCUT2D eigenvalue weighted by Crippen LogP contribution is -2.33. The molecule has 0 spiro atoms. The summed E-state index contributed by atoms with van der Waals surface area (Å²) in [7, 11) is 2.77. The fraction of sp³-hybridized carbons (Fsp3) is 0.333. The lowest BCUT2D eigenvalue weighted by Gasteiger charge is -2.15. The molecule has 1 aromatic carbocycles. The molecule has 4 nitrogen and oxygen atoms in total. The van der Waals surface area contributed by atoms with Gasteiger partial charge in [0.1, 0.15) is 0 Å². The zero-order chi connectivity index (χ0) is 12.1. The van der Waals surface area contributed by atoms with E-state index in [1.807, 2.05) is 31.2 Å². The zero-order valence-corrected chi connectivity index (χ0v) is 9.69. The Kier molecular flexibility index (Phi) is 4.05. The number of esters is 1. The van der Waals surface area contributed by atoms with Gasteiger partial charge in [0.05, 0.1) is 7.11 Å². The van der Waals surface area contributed by atoms with Crippen molar-refractivity contribution in [2.24, 2.45) is 0 Å². The van der Waals surface area contributed by atoms with Gasteiger partial charge < -0.3 is 9.64 Å². The Hall–Kier alpha value is -1.84. The van der Waals surface area contributed by atoms with Gasteiger partial charge in [0.25, 0.3) is 0 Å². The number of rotatable bonds is 2. The highest BCUT2D eigenvalue weighted by molar-refractivity contribution is 6.32. The van der Waals surface area contributed by atoms with Gasteiger partial charge in [-0.15, -0.1) is 0 Å². The van der Waals surface area contributed by atoms with E-state index in [0.717, 1.165) is 11.1 Å². The molecule has 0 bridgehead atoms. The molecule has 0 atom stereocenters. The van der Waals surface area contributed by atoms with Gasteiger partial charge in [0, 0.05) is 13.6 Å². The Labute approximate surface area is 94.8 Å². The van der Waals surface area contributed by atoms with Crippen LogP contribution in [0.3, 0.4) is 0 Å². The first kappa shape index (κ1) is 12.2. The van der Waals surface area contributed by atoms with Gasteiger partial charge in [-0.05, 0) is 12.5 Å². The second kappa shape index (κ2) is 5.30. The highest BCUT2D eigenvalue weighted by atomic mass is 16.5. The molecular formula is C12H15NO3. The van der Waals surface area contributed by atoms with Crippen LogP contribution in [0.4, 0.5) is 0 Å². The van der Waals surface area contributed by atoms with Crippen LogP contribution in [0.5, 0.6) is 0 Å². The average Bonchev–Trinajstić information content (AvgIpc) is 2.27. The second-order valence-corrected chi connectivity index (χ2v) is 3.64. The molecule has 0 aliphatic heterocycles. The first-order chi connectivity index (χ1) is 7.54. The van der Waals surface area contributed by atoms with Crippen molar-refractivity contribution in [3.05, 3.63) is 35.4 Å². The normalized spacial score (nSPS) is 9.69. The third kappa shape index (κ3) is 3.08. The van der Waals surface area contributed by atoms with E-state index in [1.54, 1.807) is 7.05 Å². The molecule has 1 amide bonds. The summed E-state index contributed by atoms with van der Waals surface area (Å²) in [5.41, 5.74) is 2.11. The van der Waals surface area contributed by atoms with E-state index in [2.05, 4.69) is 4.74 Å². The number of aryl methyl sites for hydroxylation is 1. The highest BCUT2D eigenvalue weighted by Gasteiger charge is 2.18. The number of benzene rings is 1. The smallest absolute Gasteiger partial charge is 0.396 e. The molecule has 0 radical (unpaired) electrons. The molecule has 0 saturated heterocycles. The maximum Gasteiger partial charge on any atom is 0.396 e. The van der Waals surface area contributed by atoms with Crippen LogP contribution in [0.15, 0.2) is 24.3 Å². The van der Waals surface area contributed by atoms with Crippen LogP contribution in [0.25, 0.3) is 0 Å². The van der Waals surface area contributed by atoms with Crippen molar-refractivity contribution in [1.29, 1.82) is 0 Å². The van der Waals surface area contributed by atoms with E-state index >= 15 is 0 Å². The largest absolute Gasteiger partial charge is 0.462 e. The number of nitrogens with zero attached hydrogens (tertiary/aromatic N) is 1. The summed E-state index contributed by atoms with van der Waals surface area (Å²) in [6.45, 7) is 2.38. The molecule has 86 valence electrons. The third-order valence-corrected chi connectivity index (χ3v) is 2.21. The standard InChI is InChI=1S/C12H15NO3/c1-9-5-4-6-10(7-9)8-13(2)11(14)12(15)16-3/h4-7H,8H2,1-3H3.